The van der Waals surface area contributed by atoms with Gasteiger partial charge in [0, 0.05) is 24.8 Å². The third-order valence-electron chi connectivity index (χ3n) is 2.94. The van der Waals surface area contributed by atoms with Gasteiger partial charge in [-0.05, 0) is 43.3 Å². The Kier molecular flexibility index (Phi) is 6.91. The van der Waals surface area contributed by atoms with Gasteiger partial charge >= 0.3 is 0 Å². The summed E-state index contributed by atoms with van der Waals surface area (Å²) in [6.07, 6.45) is 3.76. The molecule has 0 fully saturated rings. The number of carbonyl (C=O) groups is 1. The van der Waals surface area contributed by atoms with Gasteiger partial charge < -0.3 is 10.6 Å². The number of rotatable bonds is 6. The first-order chi connectivity index (χ1) is 9.70. The Morgan fingerprint density at radius 3 is 2.52 bits per heavy atom. The molecule has 1 aromatic carbocycles. The number of hydrogen-bond donors (Lipinski definition) is 2. The lowest BCUT2D eigenvalue weighted by Crippen LogP contribution is -2.31. The molecule has 0 saturated heterocycles. The molecule has 5 nitrogen and oxygen atoms in total. The minimum atomic E-state index is -0.0499. The van der Waals surface area contributed by atoms with E-state index in [9.17, 15) is 4.79 Å². The molecule has 21 heavy (non-hydrogen) atoms. The summed E-state index contributed by atoms with van der Waals surface area (Å²) in [4.78, 5) is 11.9. The van der Waals surface area contributed by atoms with E-state index in [1.165, 1.54) is 0 Å². The average Bonchev–Trinajstić information content (AvgIpc) is 2.90. The highest BCUT2D eigenvalue weighted by atomic mass is 35.5. The summed E-state index contributed by atoms with van der Waals surface area (Å²) in [5.41, 5.74) is 2.71. The van der Waals surface area contributed by atoms with Crippen LogP contribution in [0.4, 0.5) is 0 Å². The summed E-state index contributed by atoms with van der Waals surface area (Å²) in [5, 5.41) is 10.3. The second-order valence-corrected chi connectivity index (χ2v) is 4.62. The van der Waals surface area contributed by atoms with E-state index in [1.807, 2.05) is 44.3 Å². The third-order valence-corrected chi connectivity index (χ3v) is 2.94. The lowest BCUT2D eigenvalue weighted by Gasteiger charge is -2.06. The fourth-order valence-corrected chi connectivity index (χ4v) is 1.86. The Morgan fingerprint density at radius 2 is 1.95 bits per heavy atom. The van der Waals surface area contributed by atoms with Gasteiger partial charge in [0.25, 0.3) is 5.91 Å². The smallest absolute Gasteiger partial charge is 0.251 e. The van der Waals surface area contributed by atoms with E-state index >= 15 is 0 Å². The topological polar surface area (TPSA) is 58.9 Å². The average molecular weight is 309 g/mol. The number of hydrogen-bond acceptors (Lipinski definition) is 3. The van der Waals surface area contributed by atoms with Crippen LogP contribution in [0, 0.1) is 6.92 Å². The van der Waals surface area contributed by atoms with Crippen LogP contribution in [0.15, 0.2) is 36.7 Å². The molecule has 2 N–H and O–H groups in total. The van der Waals surface area contributed by atoms with Crippen LogP contribution in [0.1, 0.15) is 22.8 Å². The maximum absolute atomic E-state index is 11.9. The summed E-state index contributed by atoms with van der Waals surface area (Å²) >= 11 is 0. The summed E-state index contributed by atoms with van der Waals surface area (Å²) in [6, 6.07) is 7.42. The van der Waals surface area contributed by atoms with Gasteiger partial charge in [-0.2, -0.15) is 5.10 Å². The lowest BCUT2D eigenvalue weighted by atomic mass is 10.2. The number of likely N-dealkylation sites (N-methyl/N-ethyl adjacent to an activating group) is 1. The Hall–Kier alpha value is -1.85. The summed E-state index contributed by atoms with van der Waals surface area (Å²) < 4.78 is 1.79. The van der Waals surface area contributed by atoms with E-state index in [0.29, 0.717) is 12.1 Å². The van der Waals surface area contributed by atoms with Crippen LogP contribution in [0.5, 0.6) is 0 Å². The second-order valence-electron chi connectivity index (χ2n) is 4.62. The summed E-state index contributed by atoms with van der Waals surface area (Å²) in [7, 11) is 0. The van der Waals surface area contributed by atoms with E-state index in [-0.39, 0.29) is 18.3 Å². The second kappa shape index (κ2) is 8.44. The standard InChI is InChI=1S/C15H20N4O.ClH/c1-3-16-8-9-17-15(20)13-4-6-14(7-5-13)19-11-12(2)10-18-19;/h4-7,10-11,16H,3,8-9H2,1-2H3,(H,17,20);1H. The Balaban J connectivity index is 0.00000220. The molecule has 2 rings (SSSR count). The predicted molar refractivity (Wildman–Crippen MR) is 86.4 cm³/mol. The highest BCUT2D eigenvalue weighted by Crippen LogP contribution is 2.09. The predicted octanol–water partition coefficient (Wildman–Crippen LogP) is 1.94. The van der Waals surface area contributed by atoms with Gasteiger partial charge in [-0.3, -0.25) is 4.79 Å². The van der Waals surface area contributed by atoms with Crippen LogP contribution in [0.25, 0.3) is 5.69 Å². The van der Waals surface area contributed by atoms with Crippen molar-refractivity contribution in [1.29, 1.82) is 0 Å². The SMILES string of the molecule is CCNCCNC(=O)c1ccc(-n2cc(C)cn2)cc1.Cl. The molecule has 114 valence electrons. The van der Waals surface area contributed by atoms with Crippen molar-refractivity contribution in [2.75, 3.05) is 19.6 Å². The monoisotopic (exact) mass is 308 g/mol. The van der Waals surface area contributed by atoms with Crippen molar-refractivity contribution < 1.29 is 4.79 Å². The van der Waals surface area contributed by atoms with Crippen molar-refractivity contribution in [1.82, 2.24) is 20.4 Å². The van der Waals surface area contributed by atoms with Gasteiger partial charge in [-0.1, -0.05) is 6.92 Å². The summed E-state index contributed by atoms with van der Waals surface area (Å²) in [6.45, 7) is 6.36. The van der Waals surface area contributed by atoms with Crippen LogP contribution in [-0.2, 0) is 0 Å². The van der Waals surface area contributed by atoms with Crippen LogP contribution < -0.4 is 10.6 Å². The van der Waals surface area contributed by atoms with E-state index in [4.69, 9.17) is 0 Å². The number of halogens is 1. The van der Waals surface area contributed by atoms with Crippen molar-refractivity contribution in [2.24, 2.45) is 0 Å². The molecule has 0 aliphatic rings. The normalized spacial score (nSPS) is 10.0. The highest BCUT2D eigenvalue weighted by Gasteiger charge is 2.05. The van der Waals surface area contributed by atoms with Gasteiger partial charge in [0.1, 0.15) is 0 Å². The maximum Gasteiger partial charge on any atom is 0.251 e. The number of nitrogens with zero attached hydrogens (tertiary/aromatic N) is 2. The molecule has 1 heterocycles. The molecule has 0 saturated carbocycles. The van der Waals surface area contributed by atoms with E-state index < -0.39 is 0 Å². The number of nitrogens with one attached hydrogen (secondary N) is 2. The van der Waals surface area contributed by atoms with E-state index in [0.717, 1.165) is 24.3 Å². The number of carbonyl (C=O) groups excluding carboxylic acids is 1. The molecule has 1 aromatic heterocycles. The Morgan fingerprint density at radius 1 is 1.24 bits per heavy atom. The van der Waals surface area contributed by atoms with Crippen LogP contribution in [0.3, 0.4) is 0 Å². The molecule has 1 amide bonds. The molecular weight excluding hydrogens is 288 g/mol. The molecule has 2 aromatic rings. The molecule has 0 aliphatic heterocycles. The first-order valence-corrected chi connectivity index (χ1v) is 6.81. The third kappa shape index (κ3) is 4.88. The van der Waals surface area contributed by atoms with Gasteiger partial charge in [-0.15, -0.1) is 12.4 Å². The quantitative estimate of drug-likeness (QED) is 0.802. The van der Waals surface area contributed by atoms with Crippen molar-refractivity contribution in [2.45, 2.75) is 13.8 Å². The Labute approximate surface area is 131 Å². The van der Waals surface area contributed by atoms with Crippen LogP contribution in [0.2, 0.25) is 0 Å². The zero-order chi connectivity index (χ0) is 14.4. The van der Waals surface area contributed by atoms with Crippen molar-refractivity contribution >= 4 is 18.3 Å². The fraction of sp³-hybridized carbons (Fsp3) is 0.333. The molecule has 0 atom stereocenters. The van der Waals surface area contributed by atoms with Crippen molar-refractivity contribution in [3.8, 4) is 5.69 Å². The lowest BCUT2D eigenvalue weighted by molar-refractivity contribution is 0.0954. The highest BCUT2D eigenvalue weighted by molar-refractivity contribution is 5.94. The van der Waals surface area contributed by atoms with E-state index in [2.05, 4.69) is 15.7 Å². The first kappa shape index (κ1) is 17.2. The van der Waals surface area contributed by atoms with Crippen molar-refractivity contribution in [3.63, 3.8) is 0 Å². The number of aryl methyl sites for hydroxylation is 1. The first-order valence-electron chi connectivity index (χ1n) is 6.81. The minimum absolute atomic E-state index is 0. The van der Waals surface area contributed by atoms with Crippen molar-refractivity contribution in [3.05, 3.63) is 47.8 Å². The minimum Gasteiger partial charge on any atom is -0.351 e. The molecular formula is C15H21ClN4O. The molecule has 0 spiro atoms. The summed E-state index contributed by atoms with van der Waals surface area (Å²) in [5.74, 6) is -0.0499. The van der Waals surface area contributed by atoms with Gasteiger partial charge in [0.05, 0.1) is 11.9 Å². The molecule has 6 heteroatoms. The van der Waals surface area contributed by atoms with Crippen LogP contribution in [-0.4, -0.2) is 35.3 Å². The largest absolute Gasteiger partial charge is 0.351 e. The van der Waals surface area contributed by atoms with Gasteiger partial charge in [0.2, 0.25) is 0 Å². The number of amides is 1. The van der Waals surface area contributed by atoms with Crippen LogP contribution >= 0.6 is 12.4 Å². The zero-order valence-electron chi connectivity index (χ0n) is 12.3. The van der Waals surface area contributed by atoms with Gasteiger partial charge in [0.15, 0.2) is 0 Å². The van der Waals surface area contributed by atoms with Gasteiger partial charge in [-0.25, -0.2) is 4.68 Å². The maximum atomic E-state index is 11.9. The fourth-order valence-electron chi connectivity index (χ4n) is 1.86. The molecule has 0 aliphatic carbocycles. The molecule has 0 bridgehead atoms. The molecule has 0 unspecified atom stereocenters. The number of aromatic nitrogens is 2. The number of benzene rings is 1. The molecule has 0 radical (unpaired) electrons. The zero-order valence-corrected chi connectivity index (χ0v) is 13.1. The Bertz CT molecular complexity index is 565. The van der Waals surface area contributed by atoms with E-state index in [1.54, 1.807) is 10.9 Å².